The summed E-state index contributed by atoms with van der Waals surface area (Å²) in [7, 11) is 0. The molecule has 0 saturated carbocycles. The van der Waals surface area contributed by atoms with Crippen LogP contribution in [0.15, 0.2) is 78.6 Å². The van der Waals surface area contributed by atoms with Gasteiger partial charge in [-0.15, -0.1) is 0 Å². The van der Waals surface area contributed by atoms with Crippen LogP contribution in [0, 0.1) is 0 Å². The zero-order valence-electron chi connectivity index (χ0n) is 11.8. The van der Waals surface area contributed by atoms with Crippen molar-refractivity contribution in [1.82, 2.24) is 0 Å². The lowest BCUT2D eigenvalue weighted by Crippen LogP contribution is -2.07. The Hall–Kier alpha value is -3.07. The third-order valence-electron chi connectivity index (χ3n) is 3.26. The molecule has 0 heterocycles. The van der Waals surface area contributed by atoms with Crippen molar-refractivity contribution in [2.45, 2.75) is 0 Å². The van der Waals surface area contributed by atoms with Gasteiger partial charge in [-0.2, -0.15) is 0 Å². The third kappa shape index (κ3) is 3.15. The fraction of sp³-hybridized carbons (Fsp3) is 0. The second-order valence-corrected chi connectivity index (χ2v) is 4.84. The lowest BCUT2D eigenvalue weighted by molar-refractivity contribution is -0.134. The summed E-state index contributed by atoms with van der Waals surface area (Å²) in [4.78, 5) is 11.4. The number of fused-ring (bicyclic) bond motifs is 1. The van der Waals surface area contributed by atoms with Gasteiger partial charge < -0.3 is 9.84 Å². The molecule has 0 amide bonds. The molecule has 3 heteroatoms. The van der Waals surface area contributed by atoms with Gasteiger partial charge >= 0.3 is 5.97 Å². The summed E-state index contributed by atoms with van der Waals surface area (Å²) in [6, 6.07) is 22.6. The highest BCUT2D eigenvalue weighted by atomic mass is 16.5. The zero-order valence-corrected chi connectivity index (χ0v) is 11.8. The quantitative estimate of drug-likeness (QED) is 0.574. The fourth-order valence-corrected chi connectivity index (χ4v) is 2.19. The molecular weight excluding hydrogens is 276 g/mol. The highest BCUT2D eigenvalue weighted by Crippen LogP contribution is 2.22. The number of carbonyl (C=O) groups is 1. The molecule has 3 rings (SSSR count). The van der Waals surface area contributed by atoms with E-state index in [1.54, 1.807) is 6.07 Å². The van der Waals surface area contributed by atoms with E-state index in [-0.39, 0.29) is 5.76 Å². The van der Waals surface area contributed by atoms with E-state index in [1.807, 2.05) is 66.7 Å². The molecule has 0 unspecified atom stereocenters. The van der Waals surface area contributed by atoms with Crippen molar-refractivity contribution in [3.8, 4) is 5.75 Å². The average molecular weight is 290 g/mol. The molecule has 0 aliphatic rings. The number of rotatable bonds is 4. The van der Waals surface area contributed by atoms with Crippen molar-refractivity contribution in [1.29, 1.82) is 0 Å². The maximum absolute atomic E-state index is 11.4. The molecule has 3 nitrogen and oxygen atoms in total. The fourth-order valence-electron chi connectivity index (χ4n) is 2.19. The van der Waals surface area contributed by atoms with Crippen molar-refractivity contribution in [2.75, 3.05) is 0 Å². The number of benzene rings is 3. The van der Waals surface area contributed by atoms with Gasteiger partial charge in [0.15, 0.2) is 0 Å². The lowest BCUT2D eigenvalue weighted by atomic mass is 10.1. The van der Waals surface area contributed by atoms with Gasteiger partial charge in [-0.05, 0) is 34.5 Å². The van der Waals surface area contributed by atoms with Gasteiger partial charge in [0.25, 0.3) is 0 Å². The highest BCUT2D eigenvalue weighted by molar-refractivity contribution is 5.91. The van der Waals surface area contributed by atoms with Crippen LogP contribution in [-0.2, 0) is 4.79 Å². The second kappa shape index (κ2) is 6.14. The van der Waals surface area contributed by atoms with Crippen LogP contribution in [0.4, 0.5) is 0 Å². The van der Waals surface area contributed by atoms with E-state index in [9.17, 15) is 9.90 Å². The van der Waals surface area contributed by atoms with Crippen LogP contribution in [-0.4, -0.2) is 11.1 Å². The summed E-state index contributed by atoms with van der Waals surface area (Å²) in [5.74, 6) is -0.707. The van der Waals surface area contributed by atoms with Crippen LogP contribution in [0.1, 0.15) is 5.56 Å². The minimum atomic E-state index is -1.10. The molecule has 1 N–H and O–H groups in total. The smallest absolute Gasteiger partial charge is 0.371 e. The van der Waals surface area contributed by atoms with Crippen molar-refractivity contribution in [2.24, 2.45) is 0 Å². The molecule has 108 valence electrons. The standard InChI is InChI=1S/C19H14O3/c20-19(21)18(12-14-6-2-1-3-7-14)22-17-11-10-15-8-4-5-9-16(15)13-17/h1-13H,(H,20,21)/b18-12+. The van der Waals surface area contributed by atoms with E-state index in [2.05, 4.69) is 0 Å². The molecule has 0 bridgehead atoms. The lowest BCUT2D eigenvalue weighted by Gasteiger charge is -2.07. The van der Waals surface area contributed by atoms with Gasteiger partial charge in [-0.1, -0.05) is 60.7 Å². The minimum absolute atomic E-state index is 0.110. The van der Waals surface area contributed by atoms with E-state index >= 15 is 0 Å². The van der Waals surface area contributed by atoms with Gasteiger partial charge in [0.1, 0.15) is 5.75 Å². The first-order valence-corrected chi connectivity index (χ1v) is 6.89. The van der Waals surface area contributed by atoms with Crippen molar-refractivity contribution in [3.05, 3.63) is 84.1 Å². The molecule has 0 aliphatic heterocycles. The van der Waals surface area contributed by atoms with Crippen LogP contribution in [0.3, 0.4) is 0 Å². The Morgan fingerprint density at radius 1 is 0.864 bits per heavy atom. The Labute approximate surface area is 128 Å². The number of hydrogen-bond donors (Lipinski definition) is 1. The van der Waals surface area contributed by atoms with Gasteiger partial charge in [-0.25, -0.2) is 4.79 Å². The Balaban J connectivity index is 1.93. The minimum Gasteiger partial charge on any atom is -0.475 e. The number of ether oxygens (including phenoxy) is 1. The Kier molecular flexibility index (Phi) is 3.88. The molecule has 0 fully saturated rings. The van der Waals surface area contributed by atoms with Crippen LogP contribution in [0.2, 0.25) is 0 Å². The average Bonchev–Trinajstić information content (AvgIpc) is 2.55. The molecule has 0 spiro atoms. The predicted octanol–water partition coefficient (Wildman–Crippen LogP) is 4.34. The topological polar surface area (TPSA) is 46.5 Å². The van der Waals surface area contributed by atoms with Crippen molar-refractivity contribution >= 4 is 22.8 Å². The van der Waals surface area contributed by atoms with Gasteiger partial charge in [-0.3, -0.25) is 0 Å². The molecule has 0 aromatic heterocycles. The molecule has 3 aromatic rings. The van der Waals surface area contributed by atoms with Crippen LogP contribution in [0.5, 0.6) is 5.75 Å². The first-order valence-electron chi connectivity index (χ1n) is 6.89. The van der Waals surface area contributed by atoms with E-state index in [0.29, 0.717) is 5.75 Å². The molecule has 0 atom stereocenters. The SMILES string of the molecule is O=C(O)/C(=C\c1ccccc1)Oc1ccc2ccccc2c1. The first kappa shape index (κ1) is 13.9. The van der Waals surface area contributed by atoms with Gasteiger partial charge in [0, 0.05) is 0 Å². The molecular formula is C19H14O3. The first-order chi connectivity index (χ1) is 10.7. The Bertz CT molecular complexity index is 835. The number of hydrogen-bond acceptors (Lipinski definition) is 2. The maximum atomic E-state index is 11.4. The van der Waals surface area contributed by atoms with E-state index < -0.39 is 5.97 Å². The van der Waals surface area contributed by atoms with Gasteiger partial charge in [0.05, 0.1) is 0 Å². The molecule has 0 aliphatic carbocycles. The van der Waals surface area contributed by atoms with E-state index in [0.717, 1.165) is 16.3 Å². The number of carboxylic acids is 1. The summed E-state index contributed by atoms with van der Waals surface area (Å²) >= 11 is 0. The van der Waals surface area contributed by atoms with Crippen molar-refractivity contribution < 1.29 is 14.6 Å². The molecule has 0 radical (unpaired) electrons. The number of carboxylic acid groups (broad SMARTS) is 1. The largest absolute Gasteiger partial charge is 0.475 e. The summed E-state index contributed by atoms with van der Waals surface area (Å²) in [5.41, 5.74) is 0.778. The predicted molar refractivity (Wildman–Crippen MR) is 86.6 cm³/mol. The normalized spacial score (nSPS) is 11.4. The molecule has 22 heavy (non-hydrogen) atoms. The Morgan fingerprint density at radius 3 is 2.27 bits per heavy atom. The monoisotopic (exact) mass is 290 g/mol. The number of aliphatic carboxylic acids is 1. The summed E-state index contributed by atoms with van der Waals surface area (Å²) in [5, 5.41) is 11.4. The third-order valence-corrected chi connectivity index (χ3v) is 3.26. The molecule has 0 saturated heterocycles. The van der Waals surface area contributed by atoms with Crippen LogP contribution >= 0.6 is 0 Å². The zero-order chi connectivity index (χ0) is 15.4. The van der Waals surface area contributed by atoms with Gasteiger partial charge in [0.2, 0.25) is 5.76 Å². The highest BCUT2D eigenvalue weighted by Gasteiger charge is 2.10. The van der Waals surface area contributed by atoms with E-state index in [4.69, 9.17) is 4.74 Å². The summed E-state index contributed by atoms with van der Waals surface area (Å²) in [6.45, 7) is 0. The maximum Gasteiger partial charge on any atom is 0.371 e. The summed E-state index contributed by atoms with van der Waals surface area (Å²) < 4.78 is 5.55. The van der Waals surface area contributed by atoms with E-state index in [1.165, 1.54) is 6.08 Å². The Morgan fingerprint density at radius 2 is 1.55 bits per heavy atom. The molecule has 3 aromatic carbocycles. The second-order valence-electron chi connectivity index (χ2n) is 4.84. The van der Waals surface area contributed by atoms with Crippen LogP contribution < -0.4 is 4.74 Å². The summed E-state index contributed by atoms with van der Waals surface area (Å²) in [6.07, 6.45) is 1.51. The van der Waals surface area contributed by atoms with Crippen molar-refractivity contribution in [3.63, 3.8) is 0 Å². The van der Waals surface area contributed by atoms with Crippen LogP contribution in [0.25, 0.3) is 16.8 Å².